The second-order valence-corrected chi connectivity index (χ2v) is 5.30. The highest BCUT2D eigenvalue weighted by atomic mass is 16.5. The van der Waals surface area contributed by atoms with Crippen LogP contribution in [0.1, 0.15) is 18.7 Å². The standard InChI is InChI=1S/C14H20N6O/c1-19-17-14(16-18-19)10-21-13-7-3-2-6-12(13)20-8-4-5-11(15)9-20/h2-3,6-7,11H,4-5,8-10,15H2,1H3. The van der Waals surface area contributed by atoms with Crippen molar-refractivity contribution in [2.75, 3.05) is 18.0 Å². The predicted octanol–water partition coefficient (Wildman–Crippen LogP) is 0.717. The van der Waals surface area contributed by atoms with Crippen molar-refractivity contribution in [3.05, 3.63) is 30.1 Å². The minimum atomic E-state index is 0.230. The number of aryl methyl sites for hydroxylation is 1. The molecule has 1 fully saturated rings. The zero-order valence-electron chi connectivity index (χ0n) is 12.1. The van der Waals surface area contributed by atoms with E-state index in [4.69, 9.17) is 10.5 Å². The summed E-state index contributed by atoms with van der Waals surface area (Å²) >= 11 is 0. The number of para-hydroxylation sites is 2. The molecular formula is C14H20N6O. The van der Waals surface area contributed by atoms with Gasteiger partial charge >= 0.3 is 0 Å². The lowest BCUT2D eigenvalue weighted by molar-refractivity contribution is 0.295. The molecule has 1 aliphatic heterocycles. The molecule has 2 heterocycles. The van der Waals surface area contributed by atoms with E-state index in [9.17, 15) is 0 Å². The van der Waals surface area contributed by atoms with Gasteiger partial charge in [-0.1, -0.05) is 12.1 Å². The van der Waals surface area contributed by atoms with Crippen LogP contribution >= 0.6 is 0 Å². The van der Waals surface area contributed by atoms with Gasteiger partial charge in [0.1, 0.15) is 5.75 Å². The Morgan fingerprint density at radius 1 is 1.38 bits per heavy atom. The Morgan fingerprint density at radius 3 is 3.00 bits per heavy atom. The molecule has 1 saturated heterocycles. The van der Waals surface area contributed by atoms with Gasteiger partial charge in [-0.2, -0.15) is 4.80 Å². The topological polar surface area (TPSA) is 82.1 Å². The molecule has 1 unspecified atom stereocenters. The van der Waals surface area contributed by atoms with Crippen LogP contribution in [0.15, 0.2) is 24.3 Å². The molecule has 1 aliphatic rings. The van der Waals surface area contributed by atoms with E-state index in [0.29, 0.717) is 12.4 Å². The third-order valence-electron chi connectivity index (χ3n) is 3.57. The van der Waals surface area contributed by atoms with Gasteiger partial charge in [-0.3, -0.25) is 0 Å². The van der Waals surface area contributed by atoms with Crippen molar-refractivity contribution in [2.45, 2.75) is 25.5 Å². The van der Waals surface area contributed by atoms with Crippen LogP contribution in [0.3, 0.4) is 0 Å². The number of piperidine rings is 1. The molecule has 0 radical (unpaired) electrons. The molecule has 2 N–H and O–H groups in total. The highest BCUT2D eigenvalue weighted by Gasteiger charge is 2.19. The van der Waals surface area contributed by atoms with Crippen molar-refractivity contribution < 1.29 is 4.74 Å². The summed E-state index contributed by atoms with van der Waals surface area (Å²) in [5, 5.41) is 11.8. The van der Waals surface area contributed by atoms with Crippen molar-refractivity contribution >= 4 is 5.69 Å². The van der Waals surface area contributed by atoms with Gasteiger partial charge in [0.15, 0.2) is 6.61 Å². The van der Waals surface area contributed by atoms with E-state index < -0.39 is 0 Å². The molecule has 7 nitrogen and oxygen atoms in total. The maximum atomic E-state index is 6.07. The molecular weight excluding hydrogens is 268 g/mol. The third kappa shape index (κ3) is 3.30. The molecule has 21 heavy (non-hydrogen) atoms. The molecule has 1 aromatic carbocycles. The minimum Gasteiger partial charge on any atom is -0.483 e. The number of nitrogens with zero attached hydrogens (tertiary/aromatic N) is 5. The molecule has 0 bridgehead atoms. The smallest absolute Gasteiger partial charge is 0.212 e. The second-order valence-electron chi connectivity index (χ2n) is 5.30. The fourth-order valence-corrected chi connectivity index (χ4v) is 2.59. The summed E-state index contributed by atoms with van der Waals surface area (Å²) in [6, 6.07) is 8.24. The first-order valence-electron chi connectivity index (χ1n) is 7.17. The van der Waals surface area contributed by atoms with E-state index in [0.717, 1.165) is 37.4 Å². The average molecular weight is 288 g/mol. The van der Waals surface area contributed by atoms with E-state index in [1.165, 1.54) is 4.80 Å². The lowest BCUT2D eigenvalue weighted by Crippen LogP contribution is -2.42. The molecule has 2 aromatic rings. The third-order valence-corrected chi connectivity index (χ3v) is 3.57. The Balaban J connectivity index is 1.72. The maximum absolute atomic E-state index is 6.07. The summed E-state index contributed by atoms with van der Waals surface area (Å²) in [7, 11) is 1.74. The van der Waals surface area contributed by atoms with Crippen LogP contribution in [-0.2, 0) is 13.7 Å². The first kappa shape index (κ1) is 13.8. The summed E-state index contributed by atoms with van der Waals surface area (Å²) in [5.41, 5.74) is 7.15. The maximum Gasteiger partial charge on any atom is 0.212 e. The van der Waals surface area contributed by atoms with Gasteiger partial charge in [0, 0.05) is 19.1 Å². The Labute approximate surface area is 123 Å². The van der Waals surface area contributed by atoms with Gasteiger partial charge < -0.3 is 15.4 Å². The van der Waals surface area contributed by atoms with Crippen molar-refractivity contribution in [1.82, 2.24) is 20.2 Å². The number of hydrogen-bond acceptors (Lipinski definition) is 6. The number of tetrazole rings is 1. The summed E-state index contributed by atoms with van der Waals surface area (Å²) in [6.07, 6.45) is 2.20. The molecule has 1 aromatic heterocycles. The molecule has 0 saturated carbocycles. The Morgan fingerprint density at radius 2 is 2.24 bits per heavy atom. The van der Waals surface area contributed by atoms with Gasteiger partial charge in [-0.15, -0.1) is 10.2 Å². The zero-order valence-corrected chi connectivity index (χ0v) is 12.1. The number of nitrogens with two attached hydrogens (primary N) is 1. The van der Waals surface area contributed by atoms with E-state index in [1.807, 2.05) is 18.2 Å². The molecule has 0 amide bonds. The monoisotopic (exact) mass is 288 g/mol. The van der Waals surface area contributed by atoms with Crippen LogP contribution in [0.2, 0.25) is 0 Å². The van der Waals surface area contributed by atoms with Crippen LogP contribution in [0.5, 0.6) is 5.75 Å². The number of hydrogen-bond donors (Lipinski definition) is 1. The van der Waals surface area contributed by atoms with E-state index >= 15 is 0 Å². The van der Waals surface area contributed by atoms with Crippen LogP contribution in [-0.4, -0.2) is 39.3 Å². The average Bonchev–Trinajstić information content (AvgIpc) is 2.91. The summed E-state index contributed by atoms with van der Waals surface area (Å²) < 4.78 is 5.86. The number of anilines is 1. The number of aromatic nitrogens is 4. The molecule has 0 spiro atoms. The van der Waals surface area contributed by atoms with Crippen molar-refractivity contribution in [3.63, 3.8) is 0 Å². The van der Waals surface area contributed by atoms with Gasteiger partial charge in [0.05, 0.1) is 12.7 Å². The molecule has 0 aliphatic carbocycles. The van der Waals surface area contributed by atoms with Gasteiger partial charge in [0.2, 0.25) is 5.82 Å². The quantitative estimate of drug-likeness (QED) is 0.892. The molecule has 112 valence electrons. The number of rotatable bonds is 4. The minimum absolute atomic E-state index is 0.230. The van der Waals surface area contributed by atoms with E-state index in [2.05, 4.69) is 26.4 Å². The summed E-state index contributed by atoms with van der Waals surface area (Å²) in [4.78, 5) is 3.71. The van der Waals surface area contributed by atoms with Crippen LogP contribution < -0.4 is 15.4 Å². The second kappa shape index (κ2) is 6.09. The van der Waals surface area contributed by atoms with E-state index in [1.54, 1.807) is 7.05 Å². The van der Waals surface area contributed by atoms with Gasteiger partial charge in [-0.05, 0) is 30.2 Å². The predicted molar refractivity (Wildman–Crippen MR) is 79.0 cm³/mol. The van der Waals surface area contributed by atoms with Crippen molar-refractivity contribution in [3.8, 4) is 5.75 Å². The van der Waals surface area contributed by atoms with Crippen molar-refractivity contribution in [2.24, 2.45) is 12.8 Å². The first-order chi connectivity index (χ1) is 10.2. The summed E-state index contributed by atoms with van der Waals surface area (Å²) in [6.45, 7) is 2.19. The van der Waals surface area contributed by atoms with E-state index in [-0.39, 0.29) is 6.04 Å². The van der Waals surface area contributed by atoms with Gasteiger partial charge in [0.25, 0.3) is 0 Å². The number of ether oxygens (including phenoxy) is 1. The number of benzene rings is 1. The SMILES string of the molecule is Cn1nnc(COc2ccccc2N2CCCC(N)C2)n1. The fourth-order valence-electron chi connectivity index (χ4n) is 2.59. The van der Waals surface area contributed by atoms with Crippen LogP contribution in [0.25, 0.3) is 0 Å². The summed E-state index contributed by atoms with van der Waals surface area (Å²) in [5.74, 6) is 1.40. The molecule has 3 rings (SSSR count). The van der Waals surface area contributed by atoms with Crippen LogP contribution in [0.4, 0.5) is 5.69 Å². The Bertz CT molecular complexity index is 599. The normalized spacial score (nSPS) is 18.8. The molecule has 1 atom stereocenters. The Hall–Kier alpha value is -2.15. The molecule has 7 heteroatoms. The van der Waals surface area contributed by atoms with Gasteiger partial charge in [-0.25, -0.2) is 0 Å². The largest absolute Gasteiger partial charge is 0.483 e. The highest BCUT2D eigenvalue weighted by molar-refractivity contribution is 5.58. The lowest BCUT2D eigenvalue weighted by Gasteiger charge is -2.33. The highest BCUT2D eigenvalue weighted by Crippen LogP contribution is 2.30. The first-order valence-corrected chi connectivity index (χ1v) is 7.17. The lowest BCUT2D eigenvalue weighted by atomic mass is 10.1. The van der Waals surface area contributed by atoms with Crippen LogP contribution in [0, 0.1) is 0 Å². The van der Waals surface area contributed by atoms with Crippen molar-refractivity contribution in [1.29, 1.82) is 0 Å². The fraction of sp³-hybridized carbons (Fsp3) is 0.500. The Kier molecular flexibility index (Phi) is 4.01. The zero-order chi connectivity index (χ0) is 14.7.